The monoisotopic (exact) mass is 324 g/mol. The van der Waals surface area contributed by atoms with Gasteiger partial charge < -0.3 is 22.0 Å². The van der Waals surface area contributed by atoms with Gasteiger partial charge in [-0.1, -0.05) is 19.9 Å². The molecule has 0 atom stereocenters. The first-order valence-corrected chi connectivity index (χ1v) is 6.90. The molecule has 0 bridgehead atoms. The molecule has 0 aliphatic heterocycles. The Balaban J connectivity index is 0.000000763. The van der Waals surface area contributed by atoms with Crippen LogP contribution in [0, 0.1) is 0 Å². The number of hydrogen-bond donors (Lipinski definition) is 1. The zero-order valence-electron chi connectivity index (χ0n) is 12.8. The van der Waals surface area contributed by atoms with Crippen LogP contribution in [0.4, 0.5) is 17.3 Å². The number of aryl methyl sites for hydroxylation is 1. The molecular weight excluding hydrogens is 303 g/mol. The smallest absolute Gasteiger partial charge is 0.462 e. The van der Waals surface area contributed by atoms with Gasteiger partial charge in [0.15, 0.2) is 0 Å². The summed E-state index contributed by atoms with van der Waals surface area (Å²) in [5.41, 5.74) is 0.440. The van der Waals surface area contributed by atoms with Crippen molar-refractivity contribution in [2.24, 2.45) is 0 Å². The van der Waals surface area contributed by atoms with E-state index in [2.05, 4.69) is 23.1 Å². The maximum absolute atomic E-state index is 11.2. The van der Waals surface area contributed by atoms with E-state index in [0.29, 0.717) is 18.6 Å². The number of carbonyl (C=O) groups is 1. The summed E-state index contributed by atoms with van der Waals surface area (Å²) >= 11 is 0. The highest BCUT2D eigenvalue weighted by molar-refractivity contribution is 6.50. The van der Waals surface area contributed by atoms with E-state index < -0.39 is 7.25 Å². The summed E-state index contributed by atoms with van der Waals surface area (Å²) in [6.45, 7) is 8.75. The second-order valence-corrected chi connectivity index (χ2v) is 4.61. The highest BCUT2D eigenvalue weighted by Gasteiger charge is 2.20. The Labute approximate surface area is 127 Å². The fraction of sp³-hybridized carbons (Fsp3) is 0.538. The lowest BCUT2D eigenvalue weighted by molar-refractivity contribution is -0.703. The molecular formula is C13H21BF4N2O2. The van der Waals surface area contributed by atoms with Crippen LogP contribution in [0.1, 0.15) is 32.5 Å². The molecule has 0 saturated carbocycles. The Hall–Kier alpha value is -1.80. The molecule has 0 aliphatic carbocycles. The highest BCUT2D eigenvalue weighted by atomic mass is 19.5. The van der Waals surface area contributed by atoms with Gasteiger partial charge in [-0.05, 0) is 13.3 Å². The van der Waals surface area contributed by atoms with E-state index in [1.165, 1.54) is 6.42 Å². The first-order chi connectivity index (χ1) is 10.1. The van der Waals surface area contributed by atoms with Gasteiger partial charge in [-0.15, -0.1) is 0 Å². The number of unbranched alkanes of at least 4 members (excludes halogenated alkanes) is 1. The van der Waals surface area contributed by atoms with Crippen LogP contribution in [0.5, 0.6) is 0 Å². The van der Waals surface area contributed by atoms with Crippen LogP contribution in [0.25, 0.3) is 0 Å². The number of aromatic amines is 1. The van der Waals surface area contributed by atoms with Crippen LogP contribution >= 0.6 is 0 Å². The second kappa shape index (κ2) is 10.0. The van der Waals surface area contributed by atoms with E-state index in [9.17, 15) is 22.1 Å². The van der Waals surface area contributed by atoms with Gasteiger partial charge in [-0.3, -0.25) is 0 Å². The zero-order chi connectivity index (χ0) is 17.2. The summed E-state index contributed by atoms with van der Waals surface area (Å²) in [6, 6.07) is 0. The van der Waals surface area contributed by atoms with Crippen molar-refractivity contribution in [1.29, 1.82) is 0 Å². The Bertz CT molecular complexity index is 469. The normalized spacial score (nSPS) is 10.6. The molecule has 1 N–H and O–H groups in total. The number of nitrogens with one attached hydrogen (secondary N) is 1. The molecule has 0 fully saturated rings. The van der Waals surface area contributed by atoms with E-state index in [1.807, 2.05) is 12.4 Å². The lowest BCUT2D eigenvalue weighted by Crippen LogP contribution is -2.36. The number of carbonyl (C=O) groups excluding carboxylic acids is 1. The fourth-order valence-electron chi connectivity index (χ4n) is 1.51. The topological polar surface area (TPSA) is 46.0 Å². The SMILES string of the molecule is C=C(C)C(=O)OCCc1[nH]cc[n+]1CCCC.F[B-](F)(F)F. The summed E-state index contributed by atoms with van der Waals surface area (Å²) in [6.07, 6.45) is 6.95. The second-order valence-electron chi connectivity index (χ2n) is 4.61. The molecule has 0 unspecified atom stereocenters. The summed E-state index contributed by atoms with van der Waals surface area (Å²) in [7, 11) is -6.00. The van der Waals surface area contributed by atoms with Gasteiger partial charge in [-0.2, -0.15) is 0 Å². The molecule has 1 heterocycles. The number of ether oxygens (including phenoxy) is 1. The number of hydrogen-bond acceptors (Lipinski definition) is 2. The van der Waals surface area contributed by atoms with Crippen molar-refractivity contribution in [2.75, 3.05) is 6.61 Å². The number of esters is 1. The molecule has 1 aromatic heterocycles. The standard InChI is InChI=1S/C13H20N2O2.BF4/c1-4-5-8-15-9-7-14-12(15)6-10-17-13(16)11(2)3;2-1(3,4)5/h7,9H,2,4-6,8,10H2,1,3H3;/q;-1/p+1. The summed E-state index contributed by atoms with van der Waals surface area (Å²) in [5, 5.41) is 0. The van der Waals surface area contributed by atoms with Gasteiger partial charge >= 0.3 is 13.2 Å². The van der Waals surface area contributed by atoms with Gasteiger partial charge in [-0.25, -0.2) is 14.3 Å². The summed E-state index contributed by atoms with van der Waals surface area (Å²) in [5.74, 6) is 0.768. The molecule has 1 rings (SSSR count). The number of rotatable bonds is 7. The molecule has 0 spiro atoms. The zero-order valence-corrected chi connectivity index (χ0v) is 12.8. The van der Waals surface area contributed by atoms with Crippen LogP contribution in [-0.4, -0.2) is 24.8 Å². The van der Waals surface area contributed by atoms with Gasteiger partial charge in [0.1, 0.15) is 19.0 Å². The molecule has 0 amide bonds. The maximum atomic E-state index is 11.2. The minimum Gasteiger partial charge on any atom is -0.462 e. The minimum absolute atomic E-state index is 0.323. The summed E-state index contributed by atoms with van der Waals surface area (Å²) < 4.78 is 46.2. The van der Waals surface area contributed by atoms with Crippen molar-refractivity contribution in [2.45, 2.75) is 39.7 Å². The molecule has 1 aromatic rings. The largest absolute Gasteiger partial charge is 0.673 e. The maximum Gasteiger partial charge on any atom is 0.673 e. The van der Waals surface area contributed by atoms with E-state index in [-0.39, 0.29) is 5.97 Å². The Morgan fingerprint density at radius 1 is 1.41 bits per heavy atom. The van der Waals surface area contributed by atoms with Crippen LogP contribution in [-0.2, 0) is 22.5 Å². The first-order valence-electron chi connectivity index (χ1n) is 6.90. The molecule has 4 nitrogen and oxygen atoms in total. The van der Waals surface area contributed by atoms with Crippen molar-refractivity contribution in [3.63, 3.8) is 0 Å². The predicted octanol–water partition coefficient (Wildman–Crippen LogP) is 3.06. The van der Waals surface area contributed by atoms with E-state index in [4.69, 9.17) is 4.74 Å². The van der Waals surface area contributed by atoms with Gasteiger partial charge in [0, 0.05) is 5.57 Å². The number of nitrogens with zero attached hydrogens (tertiary/aromatic N) is 1. The van der Waals surface area contributed by atoms with Crippen LogP contribution < -0.4 is 4.57 Å². The Morgan fingerprint density at radius 2 is 2.00 bits per heavy atom. The van der Waals surface area contributed by atoms with Crippen molar-refractivity contribution in [3.05, 3.63) is 30.4 Å². The third-order valence-electron chi connectivity index (χ3n) is 2.52. The molecule has 0 radical (unpaired) electrons. The fourth-order valence-corrected chi connectivity index (χ4v) is 1.51. The average Bonchev–Trinajstić information content (AvgIpc) is 2.81. The van der Waals surface area contributed by atoms with E-state index in [1.54, 1.807) is 6.92 Å². The van der Waals surface area contributed by atoms with Crippen LogP contribution in [0.3, 0.4) is 0 Å². The molecule has 0 saturated heterocycles. The van der Waals surface area contributed by atoms with Gasteiger partial charge in [0.25, 0.3) is 5.82 Å². The third-order valence-corrected chi connectivity index (χ3v) is 2.52. The molecule has 0 aliphatic rings. The van der Waals surface area contributed by atoms with Crippen molar-refractivity contribution < 1.29 is 31.4 Å². The highest BCUT2D eigenvalue weighted by Crippen LogP contribution is 2.06. The van der Waals surface area contributed by atoms with E-state index >= 15 is 0 Å². The number of aromatic nitrogens is 2. The van der Waals surface area contributed by atoms with E-state index in [0.717, 1.165) is 18.8 Å². The lowest BCUT2D eigenvalue weighted by Gasteiger charge is -2.03. The Kier molecular flexibility index (Phi) is 9.20. The van der Waals surface area contributed by atoms with Gasteiger partial charge in [0.05, 0.1) is 13.0 Å². The average molecular weight is 324 g/mol. The Morgan fingerprint density at radius 3 is 2.50 bits per heavy atom. The number of imidazole rings is 1. The molecule has 126 valence electrons. The summed E-state index contributed by atoms with van der Waals surface area (Å²) in [4.78, 5) is 14.4. The number of halogens is 4. The van der Waals surface area contributed by atoms with Crippen molar-refractivity contribution in [1.82, 2.24) is 4.98 Å². The minimum atomic E-state index is -6.00. The van der Waals surface area contributed by atoms with Crippen LogP contribution in [0.2, 0.25) is 0 Å². The quantitative estimate of drug-likeness (QED) is 0.275. The van der Waals surface area contributed by atoms with Crippen molar-refractivity contribution in [3.8, 4) is 0 Å². The molecule has 9 heteroatoms. The molecule has 22 heavy (non-hydrogen) atoms. The van der Waals surface area contributed by atoms with Gasteiger partial charge in [0.2, 0.25) is 0 Å². The van der Waals surface area contributed by atoms with Crippen molar-refractivity contribution >= 4 is 13.2 Å². The molecule has 0 aromatic carbocycles. The number of H-pyrrole nitrogens is 1. The predicted molar refractivity (Wildman–Crippen MR) is 75.6 cm³/mol. The third kappa shape index (κ3) is 10.9. The first kappa shape index (κ1) is 20.2. The lowest BCUT2D eigenvalue weighted by atomic mass is 10.3. The van der Waals surface area contributed by atoms with Crippen LogP contribution in [0.15, 0.2) is 24.5 Å².